The second-order valence-electron chi connectivity index (χ2n) is 10.1. The van der Waals surface area contributed by atoms with Crippen molar-refractivity contribution in [2.45, 2.75) is 45.8 Å². The SMILES string of the molecule is CC(=O)NCC(Cc1ccc(C#N)cc1)NC(=O)c1cc(-c2ccc(CNC(C)c3ccc(C)cc3)o2)ccc1Cl. The molecule has 1 heterocycles. The molecule has 2 atom stereocenters. The standard InChI is InChI=1S/C33H33ClN4O3/c1-21-4-10-26(11-5-21)22(2)36-20-29-13-15-32(41-29)27-12-14-31(34)30(17-27)33(40)38-28(19-37-23(3)39)16-24-6-8-25(18-35)9-7-24/h4-15,17,22,28,36H,16,19-20H2,1-3H3,(H,37,39)(H,38,40). The molecule has 0 aliphatic heterocycles. The minimum Gasteiger partial charge on any atom is -0.460 e. The van der Waals surface area contributed by atoms with Crippen molar-refractivity contribution in [2.24, 2.45) is 0 Å². The summed E-state index contributed by atoms with van der Waals surface area (Å²) in [7, 11) is 0. The number of amides is 2. The molecule has 8 heteroatoms. The summed E-state index contributed by atoms with van der Waals surface area (Å²) < 4.78 is 6.09. The number of nitrogens with one attached hydrogen (secondary N) is 3. The predicted molar refractivity (Wildman–Crippen MR) is 160 cm³/mol. The Morgan fingerprint density at radius 3 is 2.41 bits per heavy atom. The van der Waals surface area contributed by atoms with Gasteiger partial charge in [-0.15, -0.1) is 0 Å². The van der Waals surface area contributed by atoms with Crippen LogP contribution in [0.3, 0.4) is 0 Å². The Morgan fingerprint density at radius 1 is 1.00 bits per heavy atom. The third-order valence-corrected chi connectivity index (χ3v) is 7.14. The van der Waals surface area contributed by atoms with Crippen molar-refractivity contribution in [3.05, 3.63) is 117 Å². The first kappa shape index (κ1) is 29.6. The maximum atomic E-state index is 13.3. The van der Waals surface area contributed by atoms with E-state index in [1.54, 1.807) is 24.3 Å². The first-order chi connectivity index (χ1) is 19.7. The Morgan fingerprint density at radius 2 is 1.73 bits per heavy atom. The van der Waals surface area contributed by atoms with Gasteiger partial charge in [-0.25, -0.2) is 0 Å². The molecule has 4 rings (SSSR count). The number of aryl methyl sites for hydroxylation is 1. The van der Waals surface area contributed by atoms with Crippen LogP contribution in [0.15, 0.2) is 83.3 Å². The van der Waals surface area contributed by atoms with E-state index < -0.39 is 6.04 Å². The molecule has 7 nitrogen and oxygen atoms in total. The molecule has 0 radical (unpaired) electrons. The van der Waals surface area contributed by atoms with E-state index in [1.165, 1.54) is 18.1 Å². The van der Waals surface area contributed by atoms with Crippen molar-refractivity contribution in [1.29, 1.82) is 5.26 Å². The van der Waals surface area contributed by atoms with Crippen LogP contribution < -0.4 is 16.0 Å². The van der Waals surface area contributed by atoms with Gasteiger partial charge in [-0.3, -0.25) is 9.59 Å². The van der Waals surface area contributed by atoms with Gasteiger partial charge < -0.3 is 20.4 Å². The Balaban J connectivity index is 1.44. The molecule has 0 aliphatic rings. The number of nitriles is 1. The smallest absolute Gasteiger partial charge is 0.253 e. The summed E-state index contributed by atoms with van der Waals surface area (Å²) >= 11 is 6.44. The van der Waals surface area contributed by atoms with Gasteiger partial charge in [0.1, 0.15) is 11.5 Å². The summed E-state index contributed by atoms with van der Waals surface area (Å²) in [6.45, 7) is 6.40. The Labute approximate surface area is 245 Å². The molecule has 1 aromatic heterocycles. The molecule has 0 saturated heterocycles. The fraction of sp³-hybridized carbons (Fsp3) is 0.242. The molecular weight excluding hydrogens is 536 g/mol. The number of rotatable bonds is 11. The van der Waals surface area contributed by atoms with Crippen LogP contribution in [0.25, 0.3) is 11.3 Å². The minimum atomic E-state index is -0.393. The van der Waals surface area contributed by atoms with Crippen LogP contribution in [-0.2, 0) is 17.8 Å². The molecule has 41 heavy (non-hydrogen) atoms. The second-order valence-corrected chi connectivity index (χ2v) is 10.5. The van der Waals surface area contributed by atoms with Crippen molar-refractivity contribution in [2.75, 3.05) is 6.54 Å². The summed E-state index contributed by atoms with van der Waals surface area (Å²) in [4.78, 5) is 24.9. The normalized spacial score (nSPS) is 12.3. The monoisotopic (exact) mass is 568 g/mol. The van der Waals surface area contributed by atoms with Crippen molar-refractivity contribution in [3.8, 4) is 17.4 Å². The molecule has 0 bridgehead atoms. The predicted octanol–water partition coefficient (Wildman–Crippen LogP) is 6.11. The van der Waals surface area contributed by atoms with E-state index in [-0.39, 0.29) is 24.4 Å². The first-order valence-electron chi connectivity index (χ1n) is 13.4. The molecule has 0 aliphatic carbocycles. The lowest BCUT2D eigenvalue weighted by Gasteiger charge is -2.20. The van der Waals surface area contributed by atoms with Crippen molar-refractivity contribution < 1.29 is 14.0 Å². The van der Waals surface area contributed by atoms with Crippen molar-refractivity contribution >= 4 is 23.4 Å². The highest BCUT2D eigenvalue weighted by atomic mass is 35.5. The lowest BCUT2D eigenvalue weighted by molar-refractivity contribution is -0.119. The molecule has 4 aromatic rings. The average molecular weight is 569 g/mol. The lowest BCUT2D eigenvalue weighted by atomic mass is 10.0. The first-order valence-corrected chi connectivity index (χ1v) is 13.8. The Kier molecular flexibility index (Phi) is 9.96. The van der Waals surface area contributed by atoms with Gasteiger partial charge in [-0.05, 0) is 73.9 Å². The van der Waals surface area contributed by atoms with Crippen molar-refractivity contribution in [3.63, 3.8) is 0 Å². The fourth-order valence-electron chi connectivity index (χ4n) is 4.41. The zero-order valence-corrected chi connectivity index (χ0v) is 24.1. The van der Waals surface area contributed by atoms with Crippen LogP contribution in [0.2, 0.25) is 5.02 Å². The minimum absolute atomic E-state index is 0.157. The molecule has 0 saturated carbocycles. The van der Waals surface area contributed by atoms with Gasteiger partial charge in [0.2, 0.25) is 5.91 Å². The van der Waals surface area contributed by atoms with Gasteiger partial charge in [0.25, 0.3) is 5.91 Å². The molecular formula is C33H33ClN4O3. The topological polar surface area (TPSA) is 107 Å². The summed E-state index contributed by atoms with van der Waals surface area (Å²) in [6, 6.07) is 26.4. The van der Waals surface area contributed by atoms with Crippen LogP contribution >= 0.6 is 11.6 Å². The Hall–Kier alpha value is -4.38. The van der Waals surface area contributed by atoms with Gasteiger partial charge in [-0.1, -0.05) is 53.6 Å². The van der Waals surface area contributed by atoms with E-state index in [0.717, 1.165) is 16.9 Å². The number of hydrogen-bond acceptors (Lipinski definition) is 5. The Bertz CT molecular complexity index is 1540. The van der Waals surface area contributed by atoms with E-state index in [9.17, 15) is 9.59 Å². The number of carbonyl (C=O) groups excluding carboxylic acids is 2. The van der Waals surface area contributed by atoms with Gasteiger partial charge in [0.15, 0.2) is 0 Å². The summed E-state index contributed by atoms with van der Waals surface area (Å²) in [5, 5.41) is 18.6. The van der Waals surface area contributed by atoms with Crippen LogP contribution in [0.5, 0.6) is 0 Å². The number of furan rings is 1. The molecule has 210 valence electrons. The number of hydrogen-bond donors (Lipinski definition) is 3. The zero-order valence-electron chi connectivity index (χ0n) is 23.3. The highest BCUT2D eigenvalue weighted by Crippen LogP contribution is 2.27. The maximum Gasteiger partial charge on any atom is 0.253 e. The number of halogens is 1. The van der Waals surface area contributed by atoms with E-state index in [1.807, 2.05) is 30.3 Å². The van der Waals surface area contributed by atoms with E-state index in [0.29, 0.717) is 34.9 Å². The molecule has 0 fully saturated rings. The zero-order chi connectivity index (χ0) is 29.4. The third-order valence-electron chi connectivity index (χ3n) is 6.81. The molecule has 2 unspecified atom stereocenters. The van der Waals surface area contributed by atoms with Crippen molar-refractivity contribution in [1.82, 2.24) is 16.0 Å². The summed E-state index contributed by atoms with van der Waals surface area (Å²) in [5.41, 5.74) is 4.93. The van der Waals surface area contributed by atoms with Gasteiger partial charge in [0.05, 0.1) is 34.8 Å². The lowest BCUT2D eigenvalue weighted by Crippen LogP contribution is -2.44. The average Bonchev–Trinajstić information content (AvgIpc) is 3.44. The quantitative estimate of drug-likeness (QED) is 0.202. The fourth-order valence-corrected chi connectivity index (χ4v) is 4.61. The third kappa shape index (κ3) is 8.31. The number of carbonyl (C=O) groups is 2. The van der Waals surface area contributed by atoms with Gasteiger partial charge >= 0.3 is 0 Å². The molecule has 0 spiro atoms. The van der Waals surface area contributed by atoms with Crippen LogP contribution in [0.1, 0.15) is 58.3 Å². The van der Waals surface area contributed by atoms with E-state index in [2.05, 4.69) is 60.1 Å². The highest BCUT2D eigenvalue weighted by Gasteiger charge is 2.19. The number of benzene rings is 3. The van der Waals surface area contributed by atoms with Crippen LogP contribution in [0, 0.1) is 18.3 Å². The highest BCUT2D eigenvalue weighted by molar-refractivity contribution is 6.34. The summed E-state index contributed by atoms with van der Waals surface area (Å²) in [6.07, 6.45) is 0.463. The maximum absolute atomic E-state index is 13.3. The second kappa shape index (κ2) is 13.8. The van der Waals surface area contributed by atoms with Gasteiger partial charge in [-0.2, -0.15) is 5.26 Å². The van der Waals surface area contributed by atoms with E-state index in [4.69, 9.17) is 21.3 Å². The van der Waals surface area contributed by atoms with Gasteiger partial charge in [0, 0.05) is 25.1 Å². The van der Waals surface area contributed by atoms with E-state index >= 15 is 0 Å². The molecule has 3 aromatic carbocycles. The summed E-state index contributed by atoms with van der Waals surface area (Å²) in [5.74, 6) is 0.849. The van der Waals surface area contributed by atoms with Crippen LogP contribution in [-0.4, -0.2) is 24.4 Å². The molecule has 2 amide bonds. The molecule has 3 N–H and O–H groups in total. The number of nitrogens with zero attached hydrogens (tertiary/aromatic N) is 1. The van der Waals surface area contributed by atoms with Crippen LogP contribution in [0.4, 0.5) is 0 Å². The largest absolute Gasteiger partial charge is 0.460 e.